The molecule has 0 spiro atoms. The van der Waals surface area contributed by atoms with Crippen molar-refractivity contribution < 1.29 is 28.8 Å². The molecule has 0 radical (unpaired) electrons. The van der Waals surface area contributed by atoms with Crippen LogP contribution in [0.5, 0.6) is 0 Å². The van der Waals surface area contributed by atoms with Crippen molar-refractivity contribution in [2.75, 3.05) is 19.6 Å². The summed E-state index contributed by atoms with van der Waals surface area (Å²) in [7, 11) is 0. The normalized spacial score (nSPS) is 17.4. The van der Waals surface area contributed by atoms with Crippen LogP contribution in [-0.4, -0.2) is 96.0 Å². The number of aliphatic hydroxyl groups excluding tert-OH is 1. The van der Waals surface area contributed by atoms with Gasteiger partial charge in [0.1, 0.15) is 34.6 Å². The fourth-order valence-electron chi connectivity index (χ4n) is 9.06. The second kappa shape index (κ2) is 21.3. The van der Waals surface area contributed by atoms with E-state index in [1.54, 1.807) is 29.8 Å². The van der Waals surface area contributed by atoms with E-state index in [1.807, 2.05) is 80.8 Å². The molecular formula is C50H57ClN10O6S2. The van der Waals surface area contributed by atoms with Gasteiger partial charge in [0.2, 0.25) is 23.6 Å². The number of β-amino-alcohol motifs (C(OH)–C–C–N with tert-alkyl or cyclic N) is 1. The summed E-state index contributed by atoms with van der Waals surface area (Å²) in [5.41, 5.74) is 8.75. The number of hydrogen-bond acceptors (Lipinski definition) is 13. The number of unbranched alkanes of at least 4 members (excludes halogenated alkanes) is 1. The van der Waals surface area contributed by atoms with Gasteiger partial charge in [0, 0.05) is 53.1 Å². The van der Waals surface area contributed by atoms with Crippen molar-refractivity contribution in [1.29, 1.82) is 0 Å². The Morgan fingerprint density at radius 1 is 0.928 bits per heavy atom. The van der Waals surface area contributed by atoms with Gasteiger partial charge < -0.3 is 30.5 Å². The first-order valence-electron chi connectivity index (χ1n) is 23.2. The highest BCUT2D eigenvalue weighted by Crippen LogP contribution is 2.40. The molecule has 0 bridgehead atoms. The predicted molar refractivity (Wildman–Crippen MR) is 266 cm³/mol. The van der Waals surface area contributed by atoms with Crippen molar-refractivity contribution in [3.05, 3.63) is 121 Å². The number of nitrogens with zero attached hydrogens (tertiary/aromatic N) is 7. The van der Waals surface area contributed by atoms with Gasteiger partial charge >= 0.3 is 0 Å². The Hall–Kier alpha value is -6.08. The van der Waals surface area contributed by atoms with Gasteiger partial charge in [0.25, 0.3) is 0 Å². The maximum absolute atomic E-state index is 14.2. The molecule has 2 aromatic carbocycles. The minimum atomic E-state index is -0.970. The molecule has 19 heteroatoms. The number of rotatable bonds is 17. The molecule has 0 saturated carbocycles. The van der Waals surface area contributed by atoms with Crippen molar-refractivity contribution in [3.63, 3.8) is 0 Å². The Morgan fingerprint density at radius 3 is 2.28 bits per heavy atom. The number of halogens is 1. The van der Waals surface area contributed by atoms with Crippen LogP contribution in [0.25, 0.3) is 15.4 Å². The smallest absolute Gasteiger partial charge is 0.243 e. The summed E-state index contributed by atoms with van der Waals surface area (Å²) in [6, 6.07) is 14.6. The van der Waals surface area contributed by atoms with Gasteiger partial charge in [0.05, 0.1) is 52.5 Å². The fourth-order valence-corrected chi connectivity index (χ4v) is 11.2. The highest BCUT2D eigenvalue weighted by Gasteiger charge is 2.44. The van der Waals surface area contributed by atoms with Crippen LogP contribution < -0.4 is 16.0 Å². The van der Waals surface area contributed by atoms with Crippen LogP contribution in [0.15, 0.2) is 69.6 Å². The predicted octanol–water partition coefficient (Wildman–Crippen LogP) is 7.58. The minimum absolute atomic E-state index is 0.0141. The van der Waals surface area contributed by atoms with Crippen LogP contribution in [0.1, 0.15) is 120 Å². The van der Waals surface area contributed by atoms with Gasteiger partial charge in [0.15, 0.2) is 5.82 Å². The summed E-state index contributed by atoms with van der Waals surface area (Å²) in [6.45, 7) is 14.3. The number of thiophene rings is 1. The van der Waals surface area contributed by atoms with Crippen molar-refractivity contribution in [3.8, 4) is 15.4 Å². The van der Waals surface area contributed by atoms with Gasteiger partial charge in [-0.3, -0.25) is 28.7 Å². The lowest BCUT2D eigenvalue weighted by molar-refractivity contribution is -0.141. The maximum atomic E-state index is 14.2. The van der Waals surface area contributed by atoms with Gasteiger partial charge in [-0.1, -0.05) is 67.0 Å². The van der Waals surface area contributed by atoms with Crippen LogP contribution in [0.3, 0.4) is 0 Å². The summed E-state index contributed by atoms with van der Waals surface area (Å²) >= 11 is 9.44. The number of aliphatic hydroxyl groups is 1. The van der Waals surface area contributed by atoms with Gasteiger partial charge in [-0.25, -0.2) is 4.98 Å². The number of aryl methyl sites for hydroxylation is 4. The number of nitrogens with one attached hydrogen (secondary N) is 3. The molecule has 2 aliphatic rings. The maximum Gasteiger partial charge on any atom is 0.243 e. The van der Waals surface area contributed by atoms with Crippen molar-refractivity contribution in [1.82, 2.24) is 45.8 Å². The zero-order chi connectivity index (χ0) is 49.1. The summed E-state index contributed by atoms with van der Waals surface area (Å²) in [5.74, 6) is -0.447. The Kier molecular flexibility index (Phi) is 15.2. The van der Waals surface area contributed by atoms with Crippen LogP contribution in [0.2, 0.25) is 5.02 Å². The van der Waals surface area contributed by atoms with E-state index in [2.05, 4.69) is 50.1 Å². The third-order valence-corrected chi connectivity index (χ3v) is 15.2. The molecule has 0 aliphatic carbocycles. The summed E-state index contributed by atoms with van der Waals surface area (Å²) in [6.07, 6.45) is 0.299. The van der Waals surface area contributed by atoms with E-state index in [0.29, 0.717) is 59.6 Å². The van der Waals surface area contributed by atoms with E-state index >= 15 is 0 Å². The molecule has 5 atom stereocenters. The zero-order valence-corrected chi connectivity index (χ0v) is 42.1. The number of aliphatic imine (C=N–C) groups is 1. The van der Waals surface area contributed by atoms with E-state index in [9.17, 15) is 24.3 Å². The van der Waals surface area contributed by atoms with Crippen molar-refractivity contribution >= 4 is 63.6 Å². The average Bonchev–Trinajstić information content (AvgIpc) is 4.15. The second-order valence-corrected chi connectivity index (χ2v) is 20.7. The van der Waals surface area contributed by atoms with E-state index in [-0.39, 0.29) is 49.4 Å². The van der Waals surface area contributed by atoms with Crippen molar-refractivity contribution in [2.24, 2.45) is 10.9 Å². The number of fused-ring (bicyclic) bond motifs is 3. The molecule has 1 fully saturated rings. The molecule has 16 nitrogen and oxygen atoms in total. The number of thiazole rings is 1. The Labute approximate surface area is 414 Å². The number of carbonyl (C=O) groups excluding carboxylic acids is 4. The molecule has 0 unspecified atom stereocenters. The van der Waals surface area contributed by atoms with E-state index in [1.165, 1.54) is 16.2 Å². The monoisotopic (exact) mass is 992 g/mol. The van der Waals surface area contributed by atoms with Crippen molar-refractivity contribution in [2.45, 2.75) is 111 Å². The average molecular weight is 994 g/mol. The van der Waals surface area contributed by atoms with E-state index in [0.717, 1.165) is 48.4 Å². The summed E-state index contributed by atoms with van der Waals surface area (Å²) in [4.78, 5) is 68.7. The topological polar surface area (TPSA) is 210 Å². The SMILES string of the molecule is Cc1cc([C@H](C(=O)N2C[C@H](O)C[C@H]2C(=O)N[C@@H](CC(=O)NCCCCNC(=O)C[C@@H]2N=C(c3ccc(Cl)cc3)c3c(sc(C)c3C)-n3c(C)nnc32)c2ccc(-c3scnc3C)cc2)C(C)C)on1. The number of carbonyl (C=O) groups is 4. The first-order chi connectivity index (χ1) is 33.1. The highest BCUT2D eigenvalue weighted by atomic mass is 35.5. The Balaban J connectivity index is 0.894. The highest BCUT2D eigenvalue weighted by molar-refractivity contribution is 7.15. The first kappa shape index (κ1) is 49.3. The third-order valence-electron chi connectivity index (χ3n) is 12.8. The quantitative estimate of drug-likeness (QED) is 0.0659. The van der Waals surface area contributed by atoms with Crippen LogP contribution >= 0.6 is 34.3 Å². The molecular weight excluding hydrogens is 936 g/mol. The second-order valence-electron chi connectivity index (χ2n) is 18.2. The summed E-state index contributed by atoms with van der Waals surface area (Å²) in [5, 5.41) is 34.3. The third kappa shape index (κ3) is 10.9. The van der Waals surface area contributed by atoms with E-state index in [4.69, 9.17) is 21.1 Å². The van der Waals surface area contributed by atoms with E-state index < -0.39 is 36.1 Å². The summed E-state index contributed by atoms with van der Waals surface area (Å²) < 4.78 is 7.52. The Bertz CT molecular complexity index is 2870. The lowest BCUT2D eigenvalue weighted by Crippen LogP contribution is -2.49. The molecule has 8 rings (SSSR count). The number of amides is 4. The largest absolute Gasteiger partial charge is 0.391 e. The molecule has 362 valence electrons. The number of benzene rings is 2. The molecule has 2 aliphatic heterocycles. The number of hydrogen-bond donors (Lipinski definition) is 4. The Morgan fingerprint density at radius 2 is 1.62 bits per heavy atom. The van der Waals surface area contributed by atoms with Crippen LogP contribution in [0, 0.1) is 40.5 Å². The van der Waals surface area contributed by atoms with Gasteiger partial charge in [-0.2, -0.15) is 0 Å². The zero-order valence-electron chi connectivity index (χ0n) is 39.7. The molecule has 6 heterocycles. The van der Waals surface area contributed by atoms with Gasteiger partial charge in [-0.05, 0) is 82.2 Å². The molecule has 4 aromatic heterocycles. The molecule has 1 saturated heterocycles. The number of likely N-dealkylation sites (tertiary alicyclic amines) is 1. The molecule has 6 aromatic rings. The first-order valence-corrected chi connectivity index (χ1v) is 25.3. The molecule has 4 N–H and O–H groups in total. The molecule has 4 amide bonds. The van der Waals surface area contributed by atoms with Crippen LogP contribution in [-0.2, 0) is 19.2 Å². The van der Waals surface area contributed by atoms with Gasteiger partial charge in [-0.15, -0.1) is 32.9 Å². The van der Waals surface area contributed by atoms with Crippen LogP contribution in [0.4, 0.5) is 0 Å². The lowest BCUT2D eigenvalue weighted by Gasteiger charge is -2.30. The lowest BCUT2D eigenvalue weighted by atomic mass is 9.91. The fraction of sp³-hybridized carbons (Fsp3) is 0.420. The molecule has 69 heavy (non-hydrogen) atoms. The standard InChI is InChI=1S/C50H57ClN10O6S2/c1-26(2)43(40-20-27(3)59-67-40)49(66)60-24-36(62)21-39(60)48(65)56-37(32-10-12-34(13-11-32)46-29(5)54-25-68-46)22-41(63)52-18-8-9-19-53-42(64)23-38-47-58-57-31(7)61(47)50-44(28(4)30(6)69-50)45(55-38)33-14-16-35(51)17-15-33/h10-17,20,25-26,36-39,43,62H,8-9,18-19,21-24H2,1-7H3,(H,52,63)(H,53,64)(H,56,65)/t36-,37+,38+,39+,43-/m1/s1. The number of aromatic nitrogens is 5. The minimum Gasteiger partial charge on any atom is -0.391 e.